The normalized spacial score (nSPS) is 14.7. The molecule has 2 aromatic rings. The highest BCUT2D eigenvalue weighted by Crippen LogP contribution is 2.37. The van der Waals surface area contributed by atoms with Crippen LogP contribution < -0.4 is 10.6 Å². The number of carbonyl (C=O) groups is 1. The van der Waals surface area contributed by atoms with Crippen LogP contribution >= 0.6 is 11.8 Å². The van der Waals surface area contributed by atoms with Crippen LogP contribution in [0.5, 0.6) is 0 Å². The third-order valence-electron chi connectivity index (χ3n) is 2.82. The van der Waals surface area contributed by atoms with Crippen molar-refractivity contribution in [3.63, 3.8) is 0 Å². The second-order valence-electron chi connectivity index (χ2n) is 4.08. The molecule has 4 nitrogen and oxygen atoms in total. The molecule has 1 amide bonds. The largest absolute Gasteiger partial charge is 0.467 e. The molecule has 1 aromatic carbocycles. The van der Waals surface area contributed by atoms with Crippen LogP contribution in [0.4, 0.5) is 11.4 Å². The van der Waals surface area contributed by atoms with Gasteiger partial charge in [0.25, 0.3) is 0 Å². The molecular formula is C13H12N2O2S. The minimum Gasteiger partial charge on any atom is -0.467 e. The molecule has 0 unspecified atom stereocenters. The number of furan rings is 1. The Hall–Kier alpha value is -1.88. The number of thioether (sulfide) groups is 1. The number of amides is 1. The van der Waals surface area contributed by atoms with Gasteiger partial charge in [-0.2, -0.15) is 0 Å². The van der Waals surface area contributed by atoms with E-state index in [4.69, 9.17) is 10.2 Å². The lowest BCUT2D eigenvalue weighted by Gasteiger charge is -2.28. The molecule has 0 spiro atoms. The molecule has 1 aromatic heterocycles. The van der Waals surface area contributed by atoms with Gasteiger partial charge in [-0.1, -0.05) is 0 Å². The van der Waals surface area contributed by atoms with E-state index >= 15 is 0 Å². The van der Waals surface area contributed by atoms with E-state index < -0.39 is 0 Å². The predicted molar refractivity (Wildman–Crippen MR) is 71.5 cm³/mol. The summed E-state index contributed by atoms with van der Waals surface area (Å²) in [4.78, 5) is 14.8. The molecule has 0 bridgehead atoms. The number of nitrogens with two attached hydrogens (primary N) is 1. The lowest BCUT2D eigenvalue weighted by atomic mass is 10.2. The summed E-state index contributed by atoms with van der Waals surface area (Å²) < 4.78 is 5.30. The standard InChI is InChI=1S/C13H12N2O2S/c14-9-3-4-12-11(6-9)15(13(16)8-18-12)7-10-2-1-5-17-10/h1-6H,7-8,14H2. The Morgan fingerprint density at radius 3 is 3.06 bits per heavy atom. The second kappa shape index (κ2) is 4.42. The Morgan fingerprint density at radius 2 is 2.28 bits per heavy atom. The lowest BCUT2D eigenvalue weighted by molar-refractivity contribution is -0.116. The molecule has 2 N–H and O–H groups in total. The zero-order valence-electron chi connectivity index (χ0n) is 9.63. The number of nitrogen functional groups attached to an aromatic ring is 1. The van der Waals surface area contributed by atoms with E-state index in [1.54, 1.807) is 22.9 Å². The quantitative estimate of drug-likeness (QED) is 0.843. The number of nitrogens with zero attached hydrogens (tertiary/aromatic N) is 1. The SMILES string of the molecule is Nc1ccc2c(c1)N(Cc1ccco1)C(=O)CS2. The number of anilines is 2. The van der Waals surface area contributed by atoms with Gasteiger partial charge in [0.15, 0.2) is 0 Å². The molecule has 0 fully saturated rings. The number of hydrogen-bond donors (Lipinski definition) is 1. The van der Waals surface area contributed by atoms with E-state index in [0.29, 0.717) is 18.0 Å². The van der Waals surface area contributed by atoms with Crippen LogP contribution in [0.15, 0.2) is 45.9 Å². The van der Waals surface area contributed by atoms with E-state index in [1.165, 1.54) is 0 Å². The summed E-state index contributed by atoms with van der Waals surface area (Å²) in [6.45, 7) is 0.447. The number of fused-ring (bicyclic) bond motifs is 1. The summed E-state index contributed by atoms with van der Waals surface area (Å²) in [5.41, 5.74) is 7.32. The van der Waals surface area contributed by atoms with Gasteiger partial charge in [0.05, 0.1) is 24.2 Å². The van der Waals surface area contributed by atoms with Gasteiger partial charge >= 0.3 is 0 Å². The average Bonchev–Trinajstić information content (AvgIpc) is 2.86. The van der Waals surface area contributed by atoms with Crippen LogP contribution in [-0.4, -0.2) is 11.7 Å². The van der Waals surface area contributed by atoms with Crippen molar-refractivity contribution in [2.45, 2.75) is 11.4 Å². The zero-order valence-corrected chi connectivity index (χ0v) is 10.4. The Bertz CT molecular complexity index is 581. The van der Waals surface area contributed by atoms with Crippen molar-refractivity contribution >= 4 is 29.0 Å². The molecular weight excluding hydrogens is 248 g/mol. The number of benzene rings is 1. The van der Waals surface area contributed by atoms with E-state index in [1.807, 2.05) is 30.3 Å². The predicted octanol–water partition coefficient (Wildman–Crippen LogP) is 2.50. The number of hydrogen-bond acceptors (Lipinski definition) is 4. The fraction of sp³-hybridized carbons (Fsp3) is 0.154. The van der Waals surface area contributed by atoms with Crippen LogP contribution in [0, 0.1) is 0 Å². The van der Waals surface area contributed by atoms with E-state index in [2.05, 4.69) is 0 Å². The zero-order chi connectivity index (χ0) is 12.5. The molecule has 3 rings (SSSR count). The highest BCUT2D eigenvalue weighted by atomic mass is 32.2. The second-order valence-corrected chi connectivity index (χ2v) is 5.09. The monoisotopic (exact) mass is 260 g/mol. The van der Waals surface area contributed by atoms with Crippen molar-refractivity contribution in [3.8, 4) is 0 Å². The molecule has 0 saturated carbocycles. The van der Waals surface area contributed by atoms with Crippen molar-refractivity contribution in [3.05, 3.63) is 42.4 Å². The minimum atomic E-state index is 0.0782. The van der Waals surface area contributed by atoms with Gasteiger partial charge in [-0.3, -0.25) is 4.79 Å². The van der Waals surface area contributed by atoms with Crippen molar-refractivity contribution in [1.82, 2.24) is 0 Å². The maximum atomic E-state index is 12.0. The van der Waals surface area contributed by atoms with Gasteiger partial charge < -0.3 is 15.1 Å². The van der Waals surface area contributed by atoms with Gasteiger partial charge in [-0.15, -0.1) is 11.8 Å². The minimum absolute atomic E-state index is 0.0782. The van der Waals surface area contributed by atoms with Crippen LogP contribution in [0.1, 0.15) is 5.76 Å². The number of rotatable bonds is 2. The van der Waals surface area contributed by atoms with E-state index in [0.717, 1.165) is 16.3 Å². The topological polar surface area (TPSA) is 59.5 Å². The molecule has 1 aliphatic rings. The van der Waals surface area contributed by atoms with Crippen LogP contribution in [-0.2, 0) is 11.3 Å². The Kier molecular flexibility index (Phi) is 2.76. The van der Waals surface area contributed by atoms with Crippen molar-refractivity contribution in [2.75, 3.05) is 16.4 Å². The molecule has 18 heavy (non-hydrogen) atoms. The molecule has 5 heteroatoms. The Morgan fingerprint density at radius 1 is 1.39 bits per heavy atom. The lowest BCUT2D eigenvalue weighted by Crippen LogP contribution is -2.34. The summed E-state index contributed by atoms with van der Waals surface area (Å²) in [7, 11) is 0. The van der Waals surface area contributed by atoms with E-state index in [-0.39, 0.29) is 5.91 Å². The highest BCUT2D eigenvalue weighted by Gasteiger charge is 2.25. The summed E-state index contributed by atoms with van der Waals surface area (Å²) in [6.07, 6.45) is 1.61. The molecule has 0 atom stereocenters. The Labute approximate surface area is 109 Å². The van der Waals surface area contributed by atoms with Gasteiger partial charge in [0, 0.05) is 10.6 Å². The van der Waals surface area contributed by atoms with Crippen LogP contribution in [0.2, 0.25) is 0 Å². The first-order valence-electron chi connectivity index (χ1n) is 5.59. The van der Waals surface area contributed by atoms with Gasteiger partial charge in [0.1, 0.15) is 5.76 Å². The summed E-state index contributed by atoms with van der Waals surface area (Å²) >= 11 is 1.54. The highest BCUT2D eigenvalue weighted by molar-refractivity contribution is 8.00. The fourth-order valence-corrected chi connectivity index (χ4v) is 2.87. The van der Waals surface area contributed by atoms with Gasteiger partial charge in [-0.25, -0.2) is 0 Å². The molecule has 92 valence electrons. The fourth-order valence-electron chi connectivity index (χ4n) is 1.95. The molecule has 1 aliphatic heterocycles. The van der Waals surface area contributed by atoms with Crippen molar-refractivity contribution < 1.29 is 9.21 Å². The first kappa shape index (κ1) is 11.2. The van der Waals surface area contributed by atoms with Crippen molar-refractivity contribution in [1.29, 1.82) is 0 Å². The summed E-state index contributed by atoms with van der Waals surface area (Å²) in [5.74, 6) is 1.30. The molecule has 0 aliphatic carbocycles. The first-order valence-corrected chi connectivity index (χ1v) is 6.57. The number of carbonyl (C=O) groups excluding carboxylic acids is 1. The van der Waals surface area contributed by atoms with E-state index in [9.17, 15) is 4.79 Å². The third kappa shape index (κ3) is 1.97. The molecule has 0 radical (unpaired) electrons. The summed E-state index contributed by atoms with van der Waals surface area (Å²) in [6, 6.07) is 9.33. The average molecular weight is 260 g/mol. The van der Waals surface area contributed by atoms with Gasteiger partial charge in [-0.05, 0) is 30.3 Å². The maximum Gasteiger partial charge on any atom is 0.237 e. The smallest absolute Gasteiger partial charge is 0.237 e. The third-order valence-corrected chi connectivity index (χ3v) is 3.87. The molecule has 2 heterocycles. The maximum absolute atomic E-state index is 12.0. The van der Waals surface area contributed by atoms with Crippen LogP contribution in [0.3, 0.4) is 0 Å². The Balaban J connectivity index is 1.98. The molecule has 0 saturated heterocycles. The van der Waals surface area contributed by atoms with Gasteiger partial charge in [0.2, 0.25) is 5.91 Å². The van der Waals surface area contributed by atoms with Crippen LogP contribution in [0.25, 0.3) is 0 Å². The van der Waals surface area contributed by atoms with Crippen molar-refractivity contribution in [2.24, 2.45) is 0 Å². The first-order chi connectivity index (χ1) is 8.74. The summed E-state index contributed by atoms with van der Waals surface area (Å²) in [5, 5.41) is 0.